The van der Waals surface area contributed by atoms with Gasteiger partial charge in [0.15, 0.2) is 0 Å². The minimum Gasteiger partial charge on any atom is -0.393 e. The van der Waals surface area contributed by atoms with Crippen molar-refractivity contribution in [2.45, 2.75) is 63.8 Å². The van der Waals surface area contributed by atoms with Crippen molar-refractivity contribution in [1.29, 1.82) is 0 Å². The molecule has 88 valence electrons. The van der Waals surface area contributed by atoms with Gasteiger partial charge in [-0.2, -0.15) is 0 Å². The van der Waals surface area contributed by atoms with Crippen LogP contribution in [0.4, 0.5) is 0 Å². The number of aliphatic hydroxyl groups is 3. The van der Waals surface area contributed by atoms with Crippen molar-refractivity contribution >= 4 is 0 Å². The van der Waals surface area contributed by atoms with Crippen LogP contribution in [0.5, 0.6) is 0 Å². The molecule has 0 spiro atoms. The molecular weight excluding hydrogens is 192 g/mol. The lowest BCUT2D eigenvalue weighted by atomic mass is 9.52. The van der Waals surface area contributed by atoms with Gasteiger partial charge in [0, 0.05) is 5.41 Å². The molecule has 3 heteroatoms. The second-order valence-corrected chi connectivity index (χ2v) is 5.74. The Hall–Kier alpha value is -0.120. The van der Waals surface area contributed by atoms with Crippen LogP contribution in [0, 0.1) is 11.3 Å². The average molecular weight is 214 g/mol. The van der Waals surface area contributed by atoms with Crippen LogP contribution in [0.2, 0.25) is 0 Å². The summed E-state index contributed by atoms with van der Waals surface area (Å²) in [5.74, 6) is 0.0706. The first-order chi connectivity index (χ1) is 6.90. The molecular formula is C12H22O3. The van der Waals surface area contributed by atoms with E-state index in [-0.39, 0.29) is 12.0 Å². The molecule has 0 amide bonds. The Morgan fingerprint density at radius 2 is 1.93 bits per heavy atom. The molecule has 2 aliphatic carbocycles. The highest BCUT2D eigenvalue weighted by atomic mass is 16.3. The minimum atomic E-state index is -0.788. The molecule has 0 aliphatic heterocycles. The molecule has 15 heavy (non-hydrogen) atoms. The molecule has 0 aromatic heterocycles. The van der Waals surface area contributed by atoms with Crippen LogP contribution < -0.4 is 0 Å². The van der Waals surface area contributed by atoms with Gasteiger partial charge in [-0.05, 0) is 38.0 Å². The highest BCUT2D eigenvalue weighted by Gasteiger charge is 2.59. The van der Waals surface area contributed by atoms with Crippen LogP contribution in [-0.4, -0.2) is 33.1 Å². The van der Waals surface area contributed by atoms with E-state index in [1.165, 1.54) is 0 Å². The van der Waals surface area contributed by atoms with Gasteiger partial charge >= 0.3 is 0 Å². The molecule has 0 radical (unpaired) electrons. The summed E-state index contributed by atoms with van der Waals surface area (Å²) in [5.41, 5.74) is -1.31. The maximum atomic E-state index is 10.7. The summed E-state index contributed by atoms with van der Waals surface area (Å²) in [7, 11) is 0. The molecule has 0 saturated heterocycles. The fourth-order valence-electron chi connectivity index (χ4n) is 3.76. The lowest BCUT2D eigenvalue weighted by molar-refractivity contribution is -0.227. The summed E-state index contributed by atoms with van der Waals surface area (Å²) in [6.07, 6.45) is 2.71. The van der Waals surface area contributed by atoms with Crippen LogP contribution in [0.1, 0.15) is 46.0 Å². The third-order valence-corrected chi connectivity index (χ3v) is 4.86. The number of aliphatic hydroxyl groups excluding tert-OH is 2. The van der Waals surface area contributed by atoms with Gasteiger partial charge in [0.25, 0.3) is 0 Å². The van der Waals surface area contributed by atoms with E-state index in [9.17, 15) is 15.3 Å². The van der Waals surface area contributed by atoms with Gasteiger partial charge in [-0.25, -0.2) is 0 Å². The van der Waals surface area contributed by atoms with Gasteiger partial charge in [0.2, 0.25) is 0 Å². The van der Waals surface area contributed by atoms with Crippen LogP contribution in [-0.2, 0) is 0 Å². The second-order valence-electron chi connectivity index (χ2n) is 5.74. The summed E-state index contributed by atoms with van der Waals surface area (Å²) in [6, 6.07) is 0. The van der Waals surface area contributed by atoms with Gasteiger partial charge in [-0.1, -0.05) is 13.8 Å². The lowest BCUT2D eigenvalue weighted by Gasteiger charge is -2.58. The summed E-state index contributed by atoms with van der Waals surface area (Å²) >= 11 is 0. The highest BCUT2D eigenvalue weighted by Crippen LogP contribution is 2.55. The first-order valence-corrected chi connectivity index (χ1v) is 5.98. The Bertz CT molecular complexity index is 255. The number of hydrogen-bond acceptors (Lipinski definition) is 3. The van der Waals surface area contributed by atoms with Crippen molar-refractivity contribution in [1.82, 2.24) is 0 Å². The predicted molar refractivity (Wildman–Crippen MR) is 57.3 cm³/mol. The highest BCUT2D eigenvalue weighted by molar-refractivity contribution is 5.09. The quantitative estimate of drug-likeness (QED) is 0.565. The topological polar surface area (TPSA) is 60.7 Å². The smallest absolute Gasteiger partial charge is 0.0753 e. The Kier molecular flexibility index (Phi) is 2.61. The van der Waals surface area contributed by atoms with Crippen molar-refractivity contribution < 1.29 is 15.3 Å². The average Bonchev–Trinajstić information content (AvgIpc) is 2.12. The van der Waals surface area contributed by atoms with E-state index in [1.807, 2.05) is 13.8 Å². The Morgan fingerprint density at radius 3 is 2.60 bits per heavy atom. The Morgan fingerprint density at radius 1 is 1.27 bits per heavy atom. The van der Waals surface area contributed by atoms with Gasteiger partial charge in [-0.15, -0.1) is 0 Å². The van der Waals surface area contributed by atoms with E-state index in [4.69, 9.17) is 0 Å². The number of fused-ring (bicyclic) bond motifs is 1. The zero-order valence-electron chi connectivity index (χ0n) is 9.61. The molecule has 0 aromatic rings. The van der Waals surface area contributed by atoms with Crippen molar-refractivity contribution in [3.05, 3.63) is 0 Å². The largest absolute Gasteiger partial charge is 0.393 e. The number of rotatable bonds is 0. The van der Waals surface area contributed by atoms with Gasteiger partial charge in [0.1, 0.15) is 0 Å². The molecule has 0 heterocycles. The Balaban J connectivity index is 2.35. The molecule has 0 unspecified atom stereocenters. The SMILES string of the molecule is C[C@H]1C[C@H](O)C[C@@]2(C)[C@@H](O)CCC[C@]12O. The predicted octanol–water partition coefficient (Wildman–Crippen LogP) is 1.06. The fourth-order valence-corrected chi connectivity index (χ4v) is 3.76. The van der Waals surface area contributed by atoms with E-state index in [1.54, 1.807) is 0 Å². The standard InChI is InChI=1S/C12H22O3/c1-8-6-9(13)7-11(2)10(14)4-3-5-12(8,11)15/h8-10,13-15H,3-7H2,1-2H3/t8-,9-,10-,11-,12-/m0/s1. The molecule has 0 aromatic carbocycles. The molecule has 2 fully saturated rings. The molecule has 5 atom stereocenters. The fraction of sp³-hybridized carbons (Fsp3) is 1.00. The van der Waals surface area contributed by atoms with Crippen LogP contribution in [0.15, 0.2) is 0 Å². The molecule has 3 N–H and O–H groups in total. The van der Waals surface area contributed by atoms with Crippen molar-refractivity contribution in [2.24, 2.45) is 11.3 Å². The van der Waals surface area contributed by atoms with E-state index in [2.05, 4.69) is 0 Å². The normalized spacial score (nSPS) is 56.2. The monoisotopic (exact) mass is 214 g/mol. The third kappa shape index (κ3) is 1.44. The van der Waals surface area contributed by atoms with E-state index >= 15 is 0 Å². The first-order valence-electron chi connectivity index (χ1n) is 5.98. The zero-order chi connectivity index (χ0) is 11.3. The first kappa shape index (κ1) is 11.4. The summed E-state index contributed by atoms with van der Waals surface area (Å²) in [5, 5.41) is 30.6. The Labute approximate surface area is 91.1 Å². The van der Waals surface area contributed by atoms with Crippen molar-refractivity contribution in [3.63, 3.8) is 0 Å². The van der Waals surface area contributed by atoms with Crippen LogP contribution in [0.3, 0.4) is 0 Å². The molecule has 2 aliphatic rings. The zero-order valence-corrected chi connectivity index (χ0v) is 9.61. The van der Waals surface area contributed by atoms with E-state index in [0.29, 0.717) is 12.8 Å². The van der Waals surface area contributed by atoms with Gasteiger partial charge in [0.05, 0.1) is 17.8 Å². The van der Waals surface area contributed by atoms with Gasteiger partial charge < -0.3 is 15.3 Å². The van der Waals surface area contributed by atoms with Gasteiger partial charge in [-0.3, -0.25) is 0 Å². The maximum absolute atomic E-state index is 10.7. The maximum Gasteiger partial charge on any atom is 0.0753 e. The summed E-state index contributed by atoms with van der Waals surface area (Å²) in [6.45, 7) is 3.91. The number of hydrogen-bond donors (Lipinski definition) is 3. The van der Waals surface area contributed by atoms with E-state index in [0.717, 1.165) is 19.3 Å². The third-order valence-electron chi connectivity index (χ3n) is 4.86. The second kappa shape index (κ2) is 3.44. The summed E-state index contributed by atoms with van der Waals surface area (Å²) in [4.78, 5) is 0. The van der Waals surface area contributed by atoms with E-state index < -0.39 is 17.1 Å². The van der Waals surface area contributed by atoms with Crippen molar-refractivity contribution in [2.75, 3.05) is 0 Å². The van der Waals surface area contributed by atoms with Crippen molar-refractivity contribution in [3.8, 4) is 0 Å². The molecule has 2 rings (SSSR count). The molecule has 0 bridgehead atoms. The minimum absolute atomic E-state index is 0.0706. The van der Waals surface area contributed by atoms with Crippen LogP contribution >= 0.6 is 0 Å². The lowest BCUT2D eigenvalue weighted by Crippen LogP contribution is -2.63. The molecule has 2 saturated carbocycles. The molecule has 3 nitrogen and oxygen atoms in total. The summed E-state index contributed by atoms with van der Waals surface area (Å²) < 4.78 is 0. The van der Waals surface area contributed by atoms with Crippen LogP contribution in [0.25, 0.3) is 0 Å².